The standard InChI is InChI=1S/C16H26N4OS/c1-12(2)14-11-20(8-9-22-14)16(21)18-10-13-6-5-7-17-15(13)19(3)4/h5-7,12,14H,8-11H2,1-4H3,(H,18,21)/t14-/m1/s1. The van der Waals surface area contributed by atoms with Crippen molar-refractivity contribution < 1.29 is 4.79 Å². The maximum atomic E-state index is 12.4. The van der Waals surface area contributed by atoms with Gasteiger partial charge in [-0.1, -0.05) is 19.9 Å². The summed E-state index contributed by atoms with van der Waals surface area (Å²) in [5.74, 6) is 2.52. The molecule has 1 atom stereocenters. The molecule has 1 aliphatic heterocycles. The number of urea groups is 1. The average molecular weight is 322 g/mol. The smallest absolute Gasteiger partial charge is 0.317 e. The summed E-state index contributed by atoms with van der Waals surface area (Å²) in [5, 5.41) is 3.57. The van der Waals surface area contributed by atoms with E-state index in [2.05, 4.69) is 24.1 Å². The van der Waals surface area contributed by atoms with Crippen molar-refractivity contribution >= 4 is 23.6 Å². The van der Waals surface area contributed by atoms with Crippen LogP contribution in [-0.2, 0) is 6.54 Å². The van der Waals surface area contributed by atoms with E-state index in [0.717, 1.165) is 30.2 Å². The third-order valence-electron chi connectivity index (χ3n) is 3.85. The first kappa shape index (κ1) is 16.9. The maximum Gasteiger partial charge on any atom is 0.317 e. The van der Waals surface area contributed by atoms with Crippen LogP contribution in [0.25, 0.3) is 0 Å². The number of amides is 2. The van der Waals surface area contributed by atoms with Gasteiger partial charge >= 0.3 is 6.03 Å². The van der Waals surface area contributed by atoms with Crippen molar-refractivity contribution in [2.45, 2.75) is 25.6 Å². The van der Waals surface area contributed by atoms with Gasteiger partial charge in [-0.3, -0.25) is 0 Å². The lowest BCUT2D eigenvalue weighted by molar-refractivity contribution is 0.196. The van der Waals surface area contributed by atoms with Crippen LogP contribution in [0.1, 0.15) is 19.4 Å². The molecule has 22 heavy (non-hydrogen) atoms. The van der Waals surface area contributed by atoms with Crippen LogP contribution in [-0.4, -0.2) is 54.1 Å². The SMILES string of the molecule is CC(C)[C@H]1CN(C(=O)NCc2cccnc2N(C)C)CCS1. The van der Waals surface area contributed by atoms with Gasteiger partial charge in [-0.25, -0.2) is 9.78 Å². The van der Waals surface area contributed by atoms with Crippen molar-refractivity contribution in [3.05, 3.63) is 23.9 Å². The normalized spacial score (nSPS) is 18.4. The summed E-state index contributed by atoms with van der Waals surface area (Å²) in [7, 11) is 3.92. The van der Waals surface area contributed by atoms with E-state index in [-0.39, 0.29) is 6.03 Å². The van der Waals surface area contributed by atoms with Crippen LogP contribution in [0.5, 0.6) is 0 Å². The zero-order valence-corrected chi connectivity index (χ0v) is 14.7. The second-order valence-electron chi connectivity index (χ2n) is 6.14. The molecule has 1 aromatic rings. The Morgan fingerprint density at radius 2 is 2.32 bits per heavy atom. The molecular weight excluding hydrogens is 296 g/mol. The fourth-order valence-corrected chi connectivity index (χ4v) is 3.82. The number of anilines is 1. The van der Waals surface area contributed by atoms with Gasteiger partial charge in [0.1, 0.15) is 5.82 Å². The lowest BCUT2D eigenvalue weighted by Crippen LogP contribution is -2.47. The Labute approximate surface area is 137 Å². The Morgan fingerprint density at radius 3 is 3.00 bits per heavy atom. The predicted octanol–water partition coefficient (Wildman–Crippen LogP) is 2.43. The minimum Gasteiger partial charge on any atom is -0.362 e. The van der Waals surface area contributed by atoms with Crippen molar-refractivity contribution in [1.82, 2.24) is 15.2 Å². The molecule has 0 spiro atoms. The molecule has 0 saturated carbocycles. The quantitative estimate of drug-likeness (QED) is 0.925. The minimum atomic E-state index is 0.0273. The van der Waals surface area contributed by atoms with Crippen LogP contribution in [0.3, 0.4) is 0 Å². The van der Waals surface area contributed by atoms with E-state index in [4.69, 9.17) is 0 Å². The molecule has 1 fully saturated rings. The Bertz CT molecular complexity index is 507. The predicted molar refractivity (Wildman–Crippen MR) is 93.5 cm³/mol. The summed E-state index contributed by atoms with van der Waals surface area (Å²) in [6.07, 6.45) is 1.77. The second kappa shape index (κ2) is 7.72. The number of hydrogen-bond acceptors (Lipinski definition) is 4. The lowest BCUT2D eigenvalue weighted by atomic mass is 10.1. The Morgan fingerprint density at radius 1 is 1.55 bits per heavy atom. The molecule has 2 amide bonds. The summed E-state index contributed by atoms with van der Waals surface area (Å²) < 4.78 is 0. The number of carbonyl (C=O) groups excluding carboxylic acids is 1. The molecule has 1 N–H and O–H groups in total. The summed E-state index contributed by atoms with van der Waals surface area (Å²) in [4.78, 5) is 20.7. The maximum absolute atomic E-state index is 12.4. The van der Waals surface area contributed by atoms with E-state index in [9.17, 15) is 4.79 Å². The van der Waals surface area contributed by atoms with Gasteiger partial charge in [0, 0.05) is 56.5 Å². The van der Waals surface area contributed by atoms with Crippen LogP contribution >= 0.6 is 11.8 Å². The van der Waals surface area contributed by atoms with Crippen molar-refractivity contribution in [2.75, 3.05) is 37.8 Å². The Balaban J connectivity index is 1.93. The summed E-state index contributed by atoms with van der Waals surface area (Å²) in [6, 6.07) is 3.94. The van der Waals surface area contributed by atoms with Crippen LogP contribution in [0.2, 0.25) is 0 Å². The second-order valence-corrected chi connectivity index (χ2v) is 7.49. The first-order valence-corrected chi connectivity index (χ1v) is 8.79. The lowest BCUT2D eigenvalue weighted by Gasteiger charge is -2.34. The Hall–Kier alpha value is -1.43. The highest BCUT2D eigenvalue weighted by Gasteiger charge is 2.25. The molecule has 1 aliphatic rings. The van der Waals surface area contributed by atoms with E-state index in [1.165, 1.54) is 0 Å². The van der Waals surface area contributed by atoms with Crippen molar-refractivity contribution in [3.63, 3.8) is 0 Å². The monoisotopic (exact) mass is 322 g/mol. The molecular formula is C16H26N4OS. The molecule has 2 rings (SSSR count). The number of nitrogens with one attached hydrogen (secondary N) is 1. The molecule has 0 unspecified atom stereocenters. The van der Waals surface area contributed by atoms with Crippen molar-refractivity contribution in [1.29, 1.82) is 0 Å². The Kier molecular flexibility index (Phi) is 5.94. The zero-order chi connectivity index (χ0) is 16.1. The average Bonchev–Trinajstić information content (AvgIpc) is 2.52. The number of rotatable bonds is 4. The first-order chi connectivity index (χ1) is 10.5. The van der Waals surface area contributed by atoms with Crippen LogP contribution in [0, 0.1) is 5.92 Å². The van der Waals surface area contributed by atoms with Gasteiger partial charge in [-0.2, -0.15) is 11.8 Å². The molecule has 122 valence electrons. The summed E-state index contributed by atoms with van der Waals surface area (Å²) in [5.41, 5.74) is 1.03. The van der Waals surface area contributed by atoms with Gasteiger partial charge in [0.15, 0.2) is 0 Å². The number of thioether (sulfide) groups is 1. The highest BCUT2D eigenvalue weighted by molar-refractivity contribution is 8.00. The third-order valence-corrected chi connectivity index (χ3v) is 5.39. The topological polar surface area (TPSA) is 48.5 Å². The van der Waals surface area contributed by atoms with Gasteiger partial charge in [0.2, 0.25) is 0 Å². The fraction of sp³-hybridized carbons (Fsp3) is 0.625. The van der Waals surface area contributed by atoms with Crippen LogP contribution < -0.4 is 10.2 Å². The molecule has 0 radical (unpaired) electrons. The van der Waals surface area contributed by atoms with E-state index in [1.54, 1.807) is 6.20 Å². The molecule has 1 saturated heterocycles. The van der Waals surface area contributed by atoms with E-state index in [1.807, 2.05) is 47.8 Å². The van der Waals surface area contributed by atoms with Gasteiger partial charge in [-0.05, 0) is 12.0 Å². The molecule has 6 heteroatoms. The first-order valence-electron chi connectivity index (χ1n) is 7.74. The minimum absolute atomic E-state index is 0.0273. The van der Waals surface area contributed by atoms with Gasteiger partial charge in [-0.15, -0.1) is 0 Å². The highest BCUT2D eigenvalue weighted by atomic mass is 32.2. The third kappa shape index (κ3) is 4.29. The van der Waals surface area contributed by atoms with Crippen molar-refractivity contribution in [3.8, 4) is 0 Å². The van der Waals surface area contributed by atoms with Gasteiger partial charge < -0.3 is 15.1 Å². The summed E-state index contributed by atoms with van der Waals surface area (Å²) >= 11 is 1.97. The number of hydrogen-bond donors (Lipinski definition) is 1. The highest BCUT2D eigenvalue weighted by Crippen LogP contribution is 2.25. The van der Waals surface area contributed by atoms with E-state index in [0.29, 0.717) is 17.7 Å². The fourth-order valence-electron chi connectivity index (χ4n) is 2.52. The van der Waals surface area contributed by atoms with Gasteiger partial charge in [0.05, 0.1) is 0 Å². The largest absolute Gasteiger partial charge is 0.362 e. The number of nitrogens with zero attached hydrogens (tertiary/aromatic N) is 3. The molecule has 5 nitrogen and oxygen atoms in total. The van der Waals surface area contributed by atoms with E-state index < -0.39 is 0 Å². The molecule has 1 aromatic heterocycles. The molecule has 0 bridgehead atoms. The molecule has 0 aromatic carbocycles. The van der Waals surface area contributed by atoms with Crippen LogP contribution in [0.15, 0.2) is 18.3 Å². The number of aromatic nitrogens is 1. The van der Waals surface area contributed by atoms with Gasteiger partial charge in [0.25, 0.3) is 0 Å². The summed E-state index contributed by atoms with van der Waals surface area (Å²) in [6.45, 7) is 6.61. The molecule has 2 heterocycles. The van der Waals surface area contributed by atoms with Crippen LogP contribution in [0.4, 0.5) is 10.6 Å². The van der Waals surface area contributed by atoms with E-state index >= 15 is 0 Å². The number of pyridine rings is 1. The van der Waals surface area contributed by atoms with Crippen molar-refractivity contribution in [2.24, 2.45) is 5.92 Å². The zero-order valence-electron chi connectivity index (χ0n) is 13.9. The number of carbonyl (C=O) groups is 1. The molecule has 0 aliphatic carbocycles.